The number of hydrogen-bond acceptors (Lipinski definition) is 4. The summed E-state index contributed by atoms with van der Waals surface area (Å²) < 4.78 is 3.15. The summed E-state index contributed by atoms with van der Waals surface area (Å²) in [6, 6.07) is 2.34. The normalized spacial score (nSPS) is 12.7. The third-order valence-corrected chi connectivity index (χ3v) is 4.34. The zero-order valence-corrected chi connectivity index (χ0v) is 14.2. The summed E-state index contributed by atoms with van der Waals surface area (Å²) in [4.78, 5) is 16.1. The van der Waals surface area contributed by atoms with Crippen molar-refractivity contribution in [3.63, 3.8) is 0 Å². The van der Waals surface area contributed by atoms with Crippen molar-refractivity contribution in [2.75, 3.05) is 0 Å². The van der Waals surface area contributed by atoms with Crippen molar-refractivity contribution < 1.29 is 0 Å². The fraction of sp³-hybridized carbons (Fsp3) is 0.412. The predicted octanol–water partition coefficient (Wildman–Crippen LogP) is 2.85. The van der Waals surface area contributed by atoms with E-state index in [9.17, 15) is 10.1 Å². The molecule has 3 aromatic heterocycles. The van der Waals surface area contributed by atoms with Crippen LogP contribution in [0.3, 0.4) is 0 Å². The summed E-state index contributed by atoms with van der Waals surface area (Å²) in [5, 5.41) is 17.7. The second-order valence-corrected chi connectivity index (χ2v) is 6.27. The van der Waals surface area contributed by atoms with Gasteiger partial charge in [-0.2, -0.15) is 20.0 Å². The van der Waals surface area contributed by atoms with Crippen molar-refractivity contribution in [3.8, 4) is 17.3 Å². The van der Waals surface area contributed by atoms with Crippen LogP contribution >= 0.6 is 0 Å². The first-order valence-electron chi connectivity index (χ1n) is 8.06. The SMILES string of the molecule is CCC(C)n1cc(-c2[nH]c3c(C#N)cnn3c(=O)c2C(C)C)cn1. The number of nitrogens with zero attached hydrogens (tertiary/aromatic N) is 5. The van der Waals surface area contributed by atoms with Gasteiger partial charge in [-0.1, -0.05) is 20.8 Å². The molecule has 3 aromatic rings. The Morgan fingerprint density at radius 1 is 1.29 bits per heavy atom. The zero-order chi connectivity index (χ0) is 17.4. The lowest BCUT2D eigenvalue weighted by Crippen LogP contribution is -2.22. The van der Waals surface area contributed by atoms with E-state index in [4.69, 9.17) is 0 Å². The summed E-state index contributed by atoms with van der Waals surface area (Å²) >= 11 is 0. The molecule has 0 aliphatic heterocycles. The molecule has 3 heterocycles. The topological polar surface area (TPSA) is 91.8 Å². The van der Waals surface area contributed by atoms with E-state index in [2.05, 4.69) is 35.1 Å². The van der Waals surface area contributed by atoms with Crippen molar-refractivity contribution in [1.29, 1.82) is 5.26 Å². The Balaban J connectivity index is 2.30. The number of nitrogens with one attached hydrogen (secondary N) is 1. The van der Waals surface area contributed by atoms with E-state index in [1.165, 1.54) is 10.7 Å². The van der Waals surface area contributed by atoms with Gasteiger partial charge in [0, 0.05) is 23.4 Å². The zero-order valence-electron chi connectivity index (χ0n) is 14.2. The van der Waals surface area contributed by atoms with Crippen molar-refractivity contribution in [2.45, 2.75) is 46.1 Å². The van der Waals surface area contributed by atoms with Crippen molar-refractivity contribution in [3.05, 3.63) is 40.1 Å². The van der Waals surface area contributed by atoms with Gasteiger partial charge in [-0.3, -0.25) is 9.48 Å². The molecule has 0 amide bonds. The number of H-pyrrole nitrogens is 1. The van der Waals surface area contributed by atoms with Gasteiger partial charge in [0.2, 0.25) is 0 Å². The van der Waals surface area contributed by atoms with Gasteiger partial charge in [-0.25, -0.2) is 0 Å². The van der Waals surface area contributed by atoms with Crippen LogP contribution < -0.4 is 5.56 Å². The molecule has 3 rings (SSSR count). The number of rotatable bonds is 4. The van der Waals surface area contributed by atoms with Crippen molar-refractivity contribution in [2.24, 2.45) is 0 Å². The lowest BCUT2D eigenvalue weighted by Gasteiger charge is -2.12. The highest BCUT2D eigenvalue weighted by molar-refractivity contribution is 5.67. The van der Waals surface area contributed by atoms with E-state index >= 15 is 0 Å². The number of fused-ring (bicyclic) bond motifs is 1. The number of nitriles is 1. The Bertz CT molecular complexity index is 985. The predicted molar refractivity (Wildman–Crippen MR) is 90.8 cm³/mol. The van der Waals surface area contributed by atoms with Crippen LogP contribution in [0.25, 0.3) is 16.9 Å². The maximum absolute atomic E-state index is 12.8. The molecular formula is C17H20N6O. The summed E-state index contributed by atoms with van der Waals surface area (Å²) in [6.07, 6.45) is 6.06. The molecule has 24 heavy (non-hydrogen) atoms. The van der Waals surface area contributed by atoms with Crippen LogP contribution in [0.15, 0.2) is 23.4 Å². The summed E-state index contributed by atoms with van der Waals surface area (Å²) in [5.74, 6) is 0.00911. The van der Waals surface area contributed by atoms with E-state index in [1.807, 2.05) is 24.7 Å². The first-order valence-corrected chi connectivity index (χ1v) is 8.06. The monoisotopic (exact) mass is 324 g/mol. The summed E-state index contributed by atoms with van der Waals surface area (Å²) in [5.41, 5.74) is 2.74. The first-order chi connectivity index (χ1) is 11.5. The molecule has 7 nitrogen and oxygen atoms in total. The fourth-order valence-corrected chi connectivity index (χ4v) is 2.77. The van der Waals surface area contributed by atoms with Crippen LogP contribution in [0.5, 0.6) is 0 Å². The molecule has 0 aliphatic rings. The highest BCUT2D eigenvalue weighted by Gasteiger charge is 2.20. The third-order valence-electron chi connectivity index (χ3n) is 4.34. The van der Waals surface area contributed by atoms with Gasteiger partial charge in [-0.15, -0.1) is 0 Å². The smallest absolute Gasteiger partial charge is 0.278 e. The molecule has 0 saturated carbocycles. The molecule has 0 aliphatic carbocycles. The van der Waals surface area contributed by atoms with Crippen LogP contribution in [0.2, 0.25) is 0 Å². The van der Waals surface area contributed by atoms with Gasteiger partial charge in [0.25, 0.3) is 5.56 Å². The minimum Gasteiger partial charge on any atom is -0.338 e. The molecule has 124 valence electrons. The molecule has 0 spiro atoms. The fourth-order valence-electron chi connectivity index (χ4n) is 2.77. The second kappa shape index (κ2) is 5.96. The highest BCUT2D eigenvalue weighted by atomic mass is 16.1. The molecule has 0 aromatic carbocycles. The lowest BCUT2D eigenvalue weighted by molar-refractivity contribution is 0.478. The van der Waals surface area contributed by atoms with Gasteiger partial charge in [0.1, 0.15) is 11.6 Å². The molecule has 1 unspecified atom stereocenters. The maximum atomic E-state index is 12.8. The molecule has 0 bridgehead atoms. The largest absolute Gasteiger partial charge is 0.338 e. The molecular weight excluding hydrogens is 304 g/mol. The Hall–Kier alpha value is -2.88. The van der Waals surface area contributed by atoms with Crippen LogP contribution in [-0.2, 0) is 0 Å². The Morgan fingerprint density at radius 3 is 2.67 bits per heavy atom. The number of hydrogen-bond donors (Lipinski definition) is 1. The molecule has 0 fully saturated rings. The third kappa shape index (κ3) is 2.40. The van der Waals surface area contributed by atoms with Crippen LogP contribution in [0.1, 0.15) is 57.2 Å². The van der Waals surface area contributed by atoms with Gasteiger partial charge in [0.15, 0.2) is 5.65 Å². The molecule has 1 atom stereocenters. The highest BCUT2D eigenvalue weighted by Crippen LogP contribution is 2.26. The second-order valence-electron chi connectivity index (χ2n) is 6.27. The summed E-state index contributed by atoms with van der Waals surface area (Å²) in [7, 11) is 0. The average Bonchev–Trinajstić information content (AvgIpc) is 3.20. The summed E-state index contributed by atoms with van der Waals surface area (Å²) in [6.45, 7) is 8.13. The minimum absolute atomic E-state index is 0.00911. The van der Waals surface area contributed by atoms with E-state index in [1.54, 1.807) is 6.20 Å². The van der Waals surface area contributed by atoms with Crippen LogP contribution in [0.4, 0.5) is 0 Å². The standard InChI is InChI=1S/C17H20N6O/c1-5-11(4)22-9-13(8-19-22)15-14(10(2)3)17(24)23-16(21-15)12(6-18)7-20-23/h7-11,21H,5H2,1-4H3. The van der Waals surface area contributed by atoms with Crippen LogP contribution in [0, 0.1) is 11.3 Å². The first kappa shape index (κ1) is 16.0. The van der Waals surface area contributed by atoms with E-state index in [-0.39, 0.29) is 17.5 Å². The van der Waals surface area contributed by atoms with E-state index in [0.29, 0.717) is 22.5 Å². The van der Waals surface area contributed by atoms with Crippen molar-refractivity contribution in [1.82, 2.24) is 24.4 Å². The van der Waals surface area contributed by atoms with Gasteiger partial charge < -0.3 is 4.98 Å². The van der Waals surface area contributed by atoms with E-state index < -0.39 is 0 Å². The van der Waals surface area contributed by atoms with Gasteiger partial charge in [0.05, 0.1) is 18.1 Å². The average molecular weight is 324 g/mol. The van der Waals surface area contributed by atoms with Crippen molar-refractivity contribution >= 4 is 5.65 Å². The Labute approximate surface area is 139 Å². The Morgan fingerprint density at radius 2 is 2.04 bits per heavy atom. The minimum atomic E-state index is -0.202. The number of aromatic amines is 1. The molecule has 0 radical (unpaired) electrons. The Kier molecular flexibility index (Phi) is 3.97. The lowest BCUT2D eigenvalue weighted by atomic mass is 10.00. The van der Waals surface area contributed by atoms with Gasteiger partial charge >= 0.3 is 0 Å². The molecule has 1 N–H and O–H groups in total. The quantitative estimate of drug-likeness (QED) is 0.798. The van der Waals surface area contributed by atoms with E-state index in [0.717, 1.165) is 12.0 Å². The van der Waals surface area contributed by atoms with Gasteiger partial charge in [-0.05, 0) is 19.3 Å². The molecule has 7 heteroatoms. The number of aromatic nitrogens is 5. The molecule has 0 saturated heterocycles. The van der Waals surface area contributed by atoms with Crippen LogP contribution in [-0.4, -0.2) is 24.4 Å². The maximum Gasteiger partial charge on any atom is 0.278 e.